The minimum Gasteiger partial charge on any atom is -0.361 e. The molecule has 3 aromatic heterocycles. The molecule has 9 nitrogen and oxygen atoms in total. The number of aromatic amines is 2. The third kappa shape index (κ3) is 4.25. The van der Waals surface area contributed by atoms with Gasteiger partial charge in [-0.2, -0.15) is 0 Å². The number of carbonyl (C=O) groups excluding carboxylic acids is 2. The fraction of sp³-hybridized carbons (Fsp3) is 0.182. The second-order valence-electron chi connectivity index (χ2n) is 7.08. The molecule has 0 saturated carbocycles. The molecule has 0 unspecified atom stereocenters. The molecule has 1 aromatic carbocycles. The summed E-state index contributed by atoms with van der Waals surface area (Å²) >= 11 is 0. The third-order valence-corrected chi connectivity index (χ3v) is 5.07. The summed E-state index contributed by atoms with van der Waals surface area (Å²) in [4.78, 5) is 48.1. The number of aromatic nitrogens is 4. The first-order chi connectivity index (χ1) is 15.1. The molecule has 0 aliphatic carbocycles. The van der Waals surface area contributed by atoms with E-state index >= 15 is 0 Å². The molecule has 4 aromatic rings. The van der Waals surface area contributed by atoms with Crippen LogP contribution in [0.3, 0.4) is 0 Å². The van der Waals surface area contributed by atoms with E-state index in [1.807, 2.05) is 30.5 Å². The summed E-state index contributed by atoms with van der Waals surface area (Å²) in [5.41, 5.74) is 2.38. The van der Waals surface area contributed by atoms with E-state index in [9.17, 15) is 14.4 Å². The number of rotatable bonds is 7. The zero-order valence-corrected chi connectivity index (χ0v) is 16.9. The smallest absolute Gasteiger partial charge is 0.263 e. The first-order valence-corrected chi connectivity index (χ1v) is 9.84. The highest BCUT2D eigenvalue weighted by atomic mass is 16.2. The second kappa shape index (κ2) is 8.70. The summed E-state index contributed by atoms with van der Waals surface area (Å²) in [6, 6.07) is 9.02. The predicted octanol–water partition coefficient (Wildman–Crippen LogP) is 1.43. The van der Waals surface area contributed by atoms with E-state index in [0.29, 0.717) is 13.0 Å². The molecule has 158 valence electrons. The van der Waals surface area contributed by atoms with Crippen LogP contribution in [0.4, 0.5) is 0 Å². The van der Waals surface area contributed by atoms with Gasteiger partial charge in [-0.25, -0.2) is 4.98 Å². The Kier molecular flexibility index (Phi) is 5.65. The monoisotopic (exact) mass is 418 g/mol. The van der Waals surface area contributed by atoms with Crippen LogP contribution in [0.5, 0.6) is 0 Å². The third-order valence-electron chi connectivity index (χ3n) is 5.07. The van der Waals surface area contributed by atoms with Crippen LogP contribution in [0.2, 0.25) is 0 Å². The highest BCUT2D eigenvalue weighted by molar-refractivity contribution is 5.99. The number of benzene rings is 1. The van der Waals surface area contributed by atoms with Crippen LogP contribution in [-0.2, 0) is 13.0 Å². The van der Waals surface area contributed by atoms with Gasteiger partial charge in [-0.3, -0.25) is 14.4 Å². The lowest BCUT2D eigenvalue weighted by molar-refractivity contribution is 0.0953. The van der Waals surface area contributed by atoms with Crippen molar-refractivity contribution in [1.29, 1.82) is 0 Å². The predicted molar refractivity (Wildman–Crippen MR) is 116 cm³/mol. The summed E-state index contributed by atoms with van der Waals surface area (Å²) in [6.45, 7) is 0.604. The Morgan fingerprint density at radius 3 is 2.84 bits per heavy atom. The number of nitrogens with one attached hydrogen (secondary N) is 4. The van der Waals surface area contributed by atoms with Gasteiger partial charge in [0.05, 0.1) is 24.1 Å². The lowest BCUT2D eigenvalue weighted by Crippen LogP contribution is -2.34. The zero-order chi connectivity index (χ0) is 21.8. The lowest BCUT2D eigenvalue weighted by atomic mass is 10.1. The van der Waals surface area contributed by atoms with E-state index in [2.05, 4.69) is 25.6 Å². The van der Waals surface area contributed by atoms with Crippen molar-refractivity contribution in [2.75, 3.05) is 13.6 Å². The number of nitrogens with zero attached hydrogens (tertiary/aromatic N) is 2. The Labute approximate surface area is 177 Å². The van der Waals surface area contributed by atoms with Crippen LogP contribution >= 0.6 is 0 Å². The fourth-order valence-electron chi connectivity index (χ4n) is 3.48. The SMILES string of the molecule is CNC(=O)c1cc(C(=O)NCCc2c[nH]cn2)cn(Cc2cccc3[nH]ccc23)c1=O. The number of fused-ring (bicyclic) bond motifs is 1. The van der Waals surface area contributed by atoms with Crippen molar-refractivity contribution in [2.24, 2.45) is 0 Å². The molecule has 2 amide bonds. The van der Waals surface area contributed by atoms with Crippen LogP contribution in [0.1, 0.15) is 32.0 Å². The first kappa shape index (κ1) is 20.1. The van der Waals surface area contributed by atoms with E-state index in [0.717, 1.165) is 22.2 Å². The summed E-state index contributed by atoms with van der Waals surface area (Å²) in [5.74, 6) is -0.904. The van der Waals surface area contributed by atoms with Crippen LogP contribution in [0.25, 0.3) is 10.9 Å². The molecule has 0 spiro atoms. The molecule has 31 heavy (non-hydrogen) atoms. The Balaban J connectivity index is 1.64. The minimum absolute atomic E-state index is 0.0799. The van der Waals surface area contributed by atoms with Gasteiger partial charge in [-0.05, 0) is 23.8 Å². The summed E-state index contributed by atoms with van der Waals surface area (Å²) in [5, 5.41) is 6.25. The van der Waals surface area contributed by atoms with Gasteiger partial charge in [-0.15, -0.1) is 0 Å². The summed E-state index contributed by atoms with van der Waals surface area (Å²) < 4.78 is 1.40. The van der Waals surface area contributed by atoms with E-state index in [4.69, 9.17) is 0 Å². The average molecular weight is 418 g/mol. The summed E-state index contributed by atoms with van der Waals surface area (Å²) in [7, 11) is 1.45. The van der Waals surface area contributed by atoms with Gasteiger partial charge in [0.25, 0.3) is 17.4 Å². The normalized spacial score (nSPS) is 10.9. The maximum Gasteiger partial charge on any atom is 0.263 e. The Morgan fingerprint density at radius 2 is 2.06 bits per heavy atom. The molecule has 4 N–H and O–H groups in total. The Bertz CT molecular complexity index is 1290. The number of hydrogen-bond donors (Lipinski definition) is 4. The molecule has 0 bridgehead atoms. The van der Waals surface area contributed by atoms with Gasteiger partial charge in [0.15, 0.2) is 0 Å². The molecular weight excluding hydrogens is 396 g/mol. The molecule has 0 saturated heterocycles. The lowest BCUT2D eigenvalue weighted by Gasteiger charge is -2.12. The van der Waals surface area contributed by atoms with Gasteiger partial charge < -0.3 is 25.2 Å². The molecule has 4 rings (SSSR count). The number of amides is 2. The highest BCUT2D eigenvalue weighted by Gasteiger charge is 2.17. The molecule has 3 heterocycles. The number of pyridine rings is 1. The molecule has 0 fully saturated rings. The van der Waals surface area contributed by atoms with E-state index in [1.54, 1.807) is 12.5 Å². The molecule has 0 aliphatic heterocycles. The summed E-state index contributed by atoms with van der Waals surface area (Å²) in [6.07, 6.45) is 7.22. The Hall–Kier alpha value is -4.14. The molecule has 0 aliphatic rings. The van der Waals surface area contributed by atoms with Gasteiger partial charge in [0, 0.05) is 49.5 Å². The molecule has 0 radical (unpaired) electrons. The van der Waals surface area contributed by atoms with E-state index < -0.39 is 11.5 Å². The Morgan fingerprint density at radius 1 is 1.19 bits per heavy atom. The fourth-order valence-corrected chi connectivity index (χ4v) is 3.48. The van der Waals surface area contributed by atoms with Gasteiger partial charge in [0.2, 0.25) is 0 Å². The van der Waals surface area contributed by atoms with Gasteiger partial charge >= 0.3 is 0 Å². The average Bonchev–Trinajstić information content (AvgIpc) is 3.47. The van der Waals surface area contributed by atoms with Crippen LogP contribution in [-0.4, -0.2) is 44.9 Å². The van der Waals surface area contributed by atoms with Crippen LogP contribution in [0.15, 0.2) is 60.0 Å². The first-order valence-electron chi connectivity index (χ1n) is 9.84. The molecule has 9 heteroatoms. The quantitative estimate of drug-likeness (QED) is 0.362. The van der Waals surface area contributed by atoms with Crippen LogP contribution < -0.4 is 16.2 Å². The number of H-pyrrole nitrogens is 2. The number of imidazole rings is 1. The second-order valence-corrected chi connectivity index (χ2v) is 7.08. The van der Waals surface area contributed by atoms with Gasteiger partial charge in [0.1, 0.15) is 5.56 Å². The van der Waals surface area contributed by atoms with Gasteiger partial charge in [-0.1, -0.05) is 12.1 Å². The molecular formula is C22H22N6O3. The largest absolute Gasteiger partial charge is 0.361 e. The maximum absolute atomic E-state index is 12.9. The topological polar surface area (TPSA) is 125 Å². The van der Waals surface area contributed by atoms with Crippen LogP contribution in [0, 0.1) is 0 Å². The van der Waals surface area contributed by atoms with Crippen molar-refractivity contribution < 1.29 is 9.59 Å². The zero-order valence-electron chi connectivity index (χ0n) is 16.9. The minimum atomic E-state index is -0.537. The van der Waals surface area contributed by atoms with Crippen molar-refractivity contribution in [3.63, 3.8) is 0 Å². The van der Waals surface area contributed by atoms with E-state index in [1.165, 1.54) is 23.9 Å². The van der Waals surface area contributed by atoms with Crippen molar-refractivity contribution in [3.8, 4) is 0 Å². The van der Waals surface area contributed by atoms with E-state index in [-0.39, 0.29) is 23.6 Å². The van der Waals surface area contributed by atoms with Crippen molar-refractivity contribution >= 4 is 22.7 Å². The van der Waals surface area contributed by atoms with Crippen molar-refractivity contribution in [1.82, 2.24) is 30.2 Å². The number of hydrogen-bond acceptors (Lipinski definition) is 4. The van der Waals surface area contributed by atoms with Crippen molar-refractivity contribution in [2.45, 2.75) is 13.0 Å². The van der Waals surface area contributed by atoms with Crippen molar-refractivity contribution in [3.05, 3.63) is 88.0 Å². The highest BCUT2D eigenvalue weighted by Crippen LogP contribution is 2.18. The number of carbonyl (C=O) groups is 2. The maximum atomic E-state index is 12.9. The standard InChI is InChI=1S/C22H22N6O3/c1-23-21(30)18-9-15(20(29)26-7-5-16-10-24-13-27-16)12-28(22(18)31)11-14-3-2-4-19-17(14)6-8-25-19/h2-4,6,8-10,12-13,25H,5,7,11H2,1H3,(H,23,30)(H,24,27)(H,26,29). The molecule has 0 atom stereocenters.